The first-order valence-corrected chi connectivity index (χ1v) is 2.69. The molecule has 1 aromatic heterocycles. The van der Waals surface area contributed by atoms with Gasteiger partial charge in [-0.15, -0.1) is 0 Å². The highest BCUT2D eigenvalue weighted by molar-refractivity contribution is 5.81. The molecule has 1 heterocycles. The van der Waals surface area contributed by atoms with E-state index in [1.165, 1.54) is 12.3 Å². The predicted octanol–water partition coefficient (Wildman–Crippen LogP) is -1.95. The van der Waals surface area contributed by atoms with Gasteiger partial charge in [-0.3, -0.25) is 0 Å². The summed E-state index contributed by atoms with van der Waals surface area (Å²) in [6, 6.07) is 4.58. The van der Waals surface area contributed by atoms with Gasteiger partial charge in [-0.2, -0.15) is 0 Å². The van der Waals surface area contributed by atoms with E-state index in [2.05, 4.69) is 0 Å². The standard InChI is InChI=1S/C6H6N2O2/c7-8-4-2-1-3-5(8)6(9)10/h1-4H,7H2. The molecule has 0 spiro atoms. The molecule has 2 N–H and O–H groups in total. The van der Waals surface area contributed by atoms with Gasteiger partial charge >= 0.3 is 0 Å². The normalized spacial score (nSPS) is 9.20. The minimum atomic E-state index is -1.27. The summed E-state index contributed by atoms with van der Waals surface area (Å²) >= 11 is 0. The fourth-order valence-corrected chi connectivity index (χ4v) is 0.629. The second kappa shape index (κ2) is 2.34. The number of carboxylic acids is 1. The second-order valence-corrected chi connectivity index (χ2v) is 1.78. The Morgan fingerprint density at radius 2 is 2.30 bits per heavy atom. The van der Waals surface area contributed by atoms with Crippen molar-refractivity contribution in [3.8, 4) is 0 Å². The van der Waals surface area contributed by atoms with E-state index in [-0.39, 0.29) is 5.69 Å². The lowest BCUT2D eigenvalue weighted by atomic mass is 10.3. The second-order valence-electron chi connectivity index (χ2n) is 1.78. The molecule has 1 aromatic rings. The molecule has 0 aliphatic rings. The number of rotatable bonds is 1. The van der Waals surface area contributed by atoms with Crippen LogP contribution < -0.4 is 15.6 Å². The monoisotopic (exact) mass is 138 g/mol. The first-order chi connectivity index (χ1) is 4.72. The summed E-state index contributed by atoms with van der Waals surface area (Å²) in [5.74, 6) is 3.94. The largest absolute Gasteiger partial charge is 0.539 e. The summed E-state index contributed by atoms with van der Waals surface area (Å²) in [5.41, 5.74) is -0.0394. The molecule has 0 unspecified atom stereocenters. The number of carbonyl (C=O) groups excluding carboxylic acids is 1. The zero-order chi connectivity index (χ0) is 7.56. The highest BCUT2D eigenvalue weighted by Gasteiger charge is 2.04. The van der Waals surface area contributed by atoms with Crippen molar-refractivity contribution >= 4 is 5.97 Å². The third-order valence-corrected chi connectivity index (χ3v) is 1.10. The van der Waals surface area contributed by atoms with Crippen LogP contribution >= 0.6 is 0 Å². The molecule has 10 heavy (non-hydrogen) atoms. The van der Waals surface area contributed by atoms with E-state index in [0.717, 1.165) is 4.68 Å². The average Bonchev–Trinajstić information content (AvgIpc) is 1.88. The summed E-state index contributed by atoms with van der Waals surface area (Å²) < 4.78 is 0.995. The molecule has 4 nitrogen and oxygen atoms in total. The number of nitrogens with two attached hydrogens (primary N) is 1. The van der Waals surface area contributed by atoms with E-state index in [0.29, 0.717) is 0 Å². The maximum absolute atomic E-state index is 10.2. The van der Waals surface area contributed by atoms with Crippen molar-refractivity contribution in [2.75, 3.05) is 5.84 Å². The van der Waals surface area contributed by atoms with Crippen LogP contribution in [0.5, 0.6) is 0 Å². The van der Waals surface area contributed by atoms with Gasteiger partial charge in [0.2, 0.25) is 0 Å². The Balaban J connectivity index is 3.15. The Bertz CT molecular complexity index is 260. The molecule has 0 amide bonds. The molecule has 0 aliphatic carbocycles. The van der Waals surface area contributed by atoms with Gasteiger partial charge in [0.25, 0.3) is 5.69 Å². The number of aromatic carboxylic acids is 1. The number of hydrogen-bond acceptors (Lipinski definition) is 3. The molecule has 0 fully saturated rings. The summed E-state index contributed by atoms with van der Waals surface area (Å²) in [6.45, 7) is 0. The summed E-state index contributed by atoms with van der Waals surface area (Å²) in [5, 5.41) is 10.2. The summed E-state index contributed by atoms with van der Waals surface area (Å²) in [7, 11) is 0. The molecule has 1 rings (SSSR count). The van der Waals surface area contributed by atoms with Gasteiger partial charge < -0.3 is 9.90 Å². The van der Waals surface area contributed by atoms with Crippen LogP contribution in [0.15, 0.2) is 24.4 Å². The maximum Gasteiger partial charge on any atom is 0.257 e. The topological polar surface area (TPSA) is 70.0 Å². The lowest BCUT2D eigenvalue weighted by Gasteiger charge is -1.95. The van der Waals surface area contributed by atoms with Gasteiger partial charge in [-0.25, -0.2) is 5.84 Å². The predicted molar refractivity (Wildman–Crippen MR) is 31.1 cm³/mol. The van der Waals surface area contributed by atoms with Crippen molar-refractivity contribution in [3.05, 3.63) is 30.1 Å². The number of carbonyl (C=O) groups is 1. The van der Waals surface area contributed by atoms with E-state index in [1.54, 1.807) is 12.1 Å². The smallest absolute Gasteiger partial charge is 0.257 e. The number of nitrogens with zero attached hydrogens (tertiary/aromatic N) is 1. The van der Waals surface area contributed by atoms with Crippen molar-refractivity contribution in [2.24, 2.45) is 0 Å². The van der Waals surface area contributed by atoms with Crippen LogP contribution in [-0.2, 0) is 0 Å². The van der Waals surface area contributed by atoms with Crippen LogP contribution in [0.3, 0.4) is 0 Å². The van der Waals surface area contributed by atoms with Crippen LogP contribution in [0.2, 0.25) is 0 Å². The van der Waals surface area contributed by atoms with Gasteiger partial charge in [0.05, 0.1) is 0 Å². The number of pyridine rings is 1. The molecular formula is C6H6N2O2. The molecule has 0 bridgehead atoms. The van der Waals surface area contributed by atoms with Crippen LogP contribution in [-0.4, -0.2) is 5.97 Å². The van der Waals surface area contributed by atoms with E-state index in [1.807, 2.05) is 0 Å². The van der Waals surface area contributed by atoms with Crippen LogP contribution in [0.1, 0.15) is 10.5 Å². The van der Waals surface area contributed by atoms with Crippen molar-refractivity contribution in [2.45, 2.75) is 0 Å². The summed E-state index contributed by atoms with van der Waals surface area (Å²) in [6.07, 6.45) is 1.44. The number of nitrogen functional groups attached to an aromatic ring is 1. The molecule has 4 heteroatoms. The van der Waals surface area contributed by atoms with E-state index in [4.69, 9.17) is 5.84 Å². The fourth-order valence-electron chi connectivity index (χ4n) is 0.629. The highest BCUT2D eigenvalue weighted by Crippen LogP contribution is 1.85. The molecule has 52 valence electrons. The molecule has 0 aromatic carbocycles. The zero-order valence-electron chi connectivity index (χ0n) is 5.15. The van der Waals surface area contributed by atoms with E-state index in [9.17, 15) is 9.90 Å². The molecular weight excluding hydrogens is 132 g/mol. The zero-order valence-corrected chi connectivity index (χ0v) is 5.15. The quantitative estimate of drug-likeness (QED) is 0.362. The van der Waals surface area contributed by atoms with Gasteiger partial charge in [0.15, 0.2) is 6.20 Å². The van der Waals surface area contributed by atoms with Crippen LogP contribution in [0, 0.1) is 0 Å². The Kier molecular flexibility index (Phi) is 1.53. The Morgan fingerprint density at radius 3 is 2.70 bits per heavy atom. The van der Waals surface area contributed by atoms with Gasteiger partial charge in [0.1, 0.15) is 5.97 Å². The summed E-state index contributed by atoms with van der Waals surface area (Å²) in [4.78, 5) is 10.2. The lowest BCUT2D eigenvalue weighted by Crippen LogP contribution is -2.51. The fraction of sp³-hybridized carbons (Fsp3) is 0. The van der Waals surface area contributed by atoms with Crippen molar-refractivity contribution in [1.82, 2.24) is 0 Å². The van der Waals surface area contributed by atoms with Gasteiger partial charge in [-0.1, -0.05) is 4.68 Å². The third kappa shape index (κ3) is 1.05. The Morgan fingerprint density at radius 1 is 1.60 bits per heavy atom. The highest BCUT2D eigenvalue weighted by atomic mass is 16.4. The molecule has 0 saturated carbocycles. The van der Waals surface area contributed by atoms with E-state index >= 15 is 0 Å². The Labute approximate surface area is 57.5 Å². The first-order valence-electron chi connectivity index (χ1n) is 2.69. The minimum absolute atomic E-state index is 0.0394. The lowest BCUT2D eigenvalue weighted by molar-refractivity contribution is -0.644. The number of aromatic nitrogens is 1. The van der Waals surface area contributed by atoms with Gasteiger partial charge in [0, 0.05) is 12.1 Å². The molecule has 0 saturated heterocycles. The minimum Gasteiger partial charge on any atom is -0.539 e. The Hall–Kier alpha value is -1.58. The SMILES string of the molecule is N[n+]1ccccc1C(=O)[O-]. The van der Waals surface area contributed by atoms with E-state index < -0.39 is 5.97 Å². The van der Waals surface area contributed by atoms with Crippen LogP contribution in [0.4, 0.5) is 0 Å². The van der Waals surface area contributed by atoms with Crippen molar-refractivity contribution in [3.63, 3.8) is 0 Å². The number of hydrogen-bond donors (Lipinski definition) is 1. The van der Waals surface area contributed by atoms with Crippen molar-refractivity contribution in [1.29, 1.82) is 0 Å². The van der Waals surface area contributed by atoms with Gasteiger partial charge in [-0.05, 0) is 6.07 Å². The molecule has 0 radical (unpaired) electrons. The maximum atomic E-state index is 10.2. The molecule has 0 atom stereocenters. The number of carboxylic acid groups (broad SMARTS) is 1. The first kappa shape index (κ1) is 6.54. The van der Waals surface area contributed by atoms with Crippen molar-refractivity contribution < 1.29 is 14.6 Å². The third-order valence-electron chi connectivity index (χ3n) is 1.10. The average molecular weight is 138 g/mol. The van der Waals surface area contributed by atoms with Crippen LogP contribution in [0.25, 0.3) is 0 Å². The molecule has 0 aliphatic heterocycles.